The maximum atomic E-state index is 5.79. The van der Waals surface area contributed by atoms with Gasteiger partial charge < -0.3 is 19.7 Å². The Labute approximate surface area is 171 Å². The number of nitrogens with zero attached hydrogens (tertiary/aromatic N) is 3. The molecule has 6 nitrogen and oxygen atoms in total. The minimum atomic E-state index is 0.579. The molecular formula is C23H26N4O2. The van der Waals surface area contributed by atoms with Crippen molar-refractivity contribution in [1.82, 2.24) is 9.78 Å². The van der Waals surface area contributed by atoms with Gasteiger partial charge in [0.1, 0.15) is 19.0 Å². The molecule has 0 saturated carbocycles. The van der Waals surface area contributed by atoms with Crippen LogP contribution in [0.1, 0.15) is 18.4 Å². The summed E-state index contributed by atoms with van der Waals surface area (Å²) in [6, 6.07) is 14.7. The largest absolute Gasteiger partial charge is 0.486 e. The van der Waals surface area contributed by atoms with Gasteiger partial charge in [-0.15, -0.1) is 0 Å². The highest BCUT2D eigenvalue weighted by Gasteiger charge is 2.23. The third-order valence-corrected chi connectivity index (χ3v) is 5.56. The van der Waals surface area contributed by atoms with Gasteiger partial charge in [0.05, 0.1) is 11.4 Å². The number of ether oxygens (including phenoxy) is 2. The summed E-state index contributed by atoms with van der Waals surface area (Å²) in [6.07, 6.45) is 3.35. The fourth-order valence-electron chi connectivity index (χ4n) is 4.00. The Hall–Kier alpha value is -3.15. The first-order valence-electron chi connectivity index (χ1n) is 10.2. The molecule has 2 aliphatic rings. The normalized spacial score (nSPS) is 15.2. The zero-order chi connectivity index (χ0) is 19.8. The molecule has 29 heavy (non-hydrogen) atoms. The minimum absolute atomic E-state index is 0.579. The summed E-state index contributed by atoms with van der Waals surface area (Å²) in [5, 5.41) is 8.65. The molecule has 0 fully saturated rings. The molecule has 2 aliphatic heterocycles. The van der Waals surface area contributed by atoms with Crippen LogP contribution in [0, 0.1) is 0 Å². The van der Waals surface area contributed by atoms with E-state index < -0.39 is 0 Å². The number of fused-ring (bicyclic) bond motifs is 2. The van der Waals surface area contributed by atoms with E-state index in [0.29, 0.717) is 13.2 Å². The lowest BCUT2D eigenvalue weighted by molar-refractivity contribution is 0.171. The molecule has 0 saturated heterocycles. The smallest absolute Gasteiger partial charge is 0.163 e. The average Bonchev–Trinajstić information content (AvgIpc) is 2.94. The van der Waals surface area contributed by atoms with Crippen LogP contribution in [-0.2, 0) is 6.42 Å². The molecule has 1 N–H and O–H groups in total. The van der Waals surface area contributed by atoms with E-state index in [1.807, 2.05) is 22.9 Å². The van der Waals surface area contributed by atoms with Gasteiger partial charge in [0.15, 0.2) is 11.5 Å². The molecule has 3 heterocycles. The van der Waals surface area contributed by atoms with Gasteiger partial charge in [0, 0.05) is 43.5 Å². The Bertz CT molecular complexity index is 1020. The lowest BCUT2D eigenvalue weighted by Gasteiger charge is -2.19. The van der Waals surface area contributed by atoms with Crippen molar-refractivity contribution >= 4 is 11.5 Å². The predicted octanol–water partition coefficient (Wildman–Crippen LogP) is 4.12. The Morgan fingerprint density at radius 1 is 0.966 bits per heavy atom. The van der Waals surface area contributed by atoms with Crippen molar-refractivity contribution in [2.45, 2.75) is 19.3 Å². The van der Waals surface area contributed by atoms with Crippen molar-refractivity contribution in [3.05, 3.63) is 48.0 Å². The third-order valence-electron chi connectivity index (χ3n) is 5.56. The quantitative estimate of drug-likeness (QED) is 0.729. The second kappa shape index (κ2) is 7.35. The first-order chi connectivity index (χ1) is 14.2. The molecule has 150 valence electrons. The Morgan fingerprint density at radius 2 is 1.76 bits per heavy atom. The maximum absolute atomic E-state index is 5.79. The molecule has 0 spiro atoms. The van der Waals surface area contributed by atoms with E-state index in [1.165, 1.54) is 11.3 Å². The van der Waals surface area contributed by atoms with E-state index in [2.05, 4.69) is 48.6 Å². The van der Waals surface area contributed by atoms with Crippen molar-refractivity contribution in [1.29, 1.82) is 0 Å². The van der Waals surface area contributed by atoms with Crippen LogP contribution in [0.2, 0.25) is 0 Å². The fraction of sp³-hybridized carbons (Fsp3) is 0.348. The molecule has 1 aromatic heterocycles. The third kappa shape index (κ3) is 3.28. The first kappa shape index (κ1) is 17.9. The summed E-state index contributed by atoms with van der Waals surface area (Å²) >= 11 is 0. The van der Waals surface area contributed by atoms with Gasteiger partial charge in [0.2, 0.25) is 0 Å². The van der Waals surface area contributed by atoms with Crippen molar-refractivity contribution in [3.63, 3.8) is 0 Å². The van der Waals surface area contributed by atoms with Crippen molar-refractivity contribution in [2.24, 2.45) is 0 Å². The highest BCUT2D eigenvalue weighted by molar-refractivity contribution is 5.73. The fourth-order valence-corrected chi connectivity index (χ4v) is 4.00. The lowest BCUT2D eigenvalue weighted by Crippen LogP contribution is -2.15. The van der Waals surface area contributed by atoms with E-state index >= 15 is 0 Å². The molecule has 3 aromatic rings. The number of hydrogen-bond donors (Lipinski definition) is 1. The maximum Gasteiger partial charge on any atom is 0.163 e. The van der Waals surface area contributed by atoms with Gasteiger partial charge in [-0.1, -0.05) is 12.1 Å². The zero-order valence-corrected chi connectivity index (χ0v) is 16.9. The topological polar surface area (TPSA) is 51.6 Å². The summed E-state index contributed by atoms with van der Waals surface area (Å²) < 4.78 is 13.5. The SMILES string of the molecule is CN(C)c1ccc(-c2nn(-c3ccc4c(c3)OCCO4)c3c2CCCCN3)cc1. The van der Waals surface area contributed by atoms with Gasteiger partial charge >= 0.3 is 0 Å². The number of nitrogens with one attached hydrogen (secondary N) is 1. The van der Waals surface area contributed by atoms with E-state index in [1.54, 1.807) is 0 Å². The zero-order valence-electron chi connectivity index (χ0n) is 16.9. The second-order valence-corrected chi connectivity index (χ2v) is 7.74. The second-order valence-electron chi connectivity index (χ2n) is 7.74. The van der Waals surface area contributed by atoms with Crippen LogP contribution in [-0.4, -0.2) is 43.6 Å². The van der Waals surface area contributed by atoms with Crippen LogP contribution in [0.3, 0.4) is 0 Å². The van der Waals surface area contributed by atoms with Crippen molar-refractivity contribution in [3.8, 4) is 28.4 Å². The van der Waals surface area contributed by atoms with Crippen molar-refractivity contribution in [2.75, 3.05) is 44.1 Å². The molecule has 0 radical (unpaired) electrons. The molecule has 0 bridgehead atoms. The highest BCUT2D eigenvalue weighted by Crippen LogP contribution is 2.37. The molecule has 2 aromatic carbocycles. The predicted molar refractivity (Wildman–Crippen MR) is 116 cm³/mol. The molecular weight excluding hydrogens is 364 g/mol. The monoisotopic (exact) mass is 390 g/mol. The number of benzene rings is 2. The Balaban J connectivity index is 1.61. The number of aromatic nitrogens is 2. The molecule has 0 aliphatic carbocycles. The van der Waals surface area contributed by atoms with Gasteiger partial charge in [-0.2, -0.15) is 5.10 Å². The molecule has 0 amide bonds. The molecule has 0 atom stereocenters. The minimum Gasteiger partial charge on any atom is -0.486 e. The van der Waals surface area contributed by atoms with Gasteiger partial charge in [-0.25, -0.2) is 4.68 Å². The highest BCUT2D eigenvalue weighted by atomic mass is 16.6. The average molecular weight is 390 g/mol. The summed E-state index contributed by atoms with van der Waals surface area (Å²) in [6.45, 7) is 2.13. The first-order valence-corrected chi connectivity index (χ1v) is 10.2. The van der Waals surface area contributed by atoms with Crippen molar-refractivity contribution < 1.29 is 9.47 Å². The van der Waals surface area contributed by atoms with Gasteiger partial charge in [0.25, 0.3) is 0 Å². The molecule has 6 heteroatoms. The molecule has 5 rings (SSSR count). The van der Waals surface area contributed by atoms with Gasteiger partial charge in [-0.05, 0) is 43.5 Å². The van der Waals surface area contributed by atoms with Crippen LogP contribution in [0.4, 0.5) is 11.5 Å². The molecule has 0 unspecified atom stereocenters. The summed E-state index contributed by atoms with van der Waals surface area (Å²) in [5.74, 6) is 2.67. The van der Waals surface area contributed by atoms with Crippen LogP contribution in [0.25, 0.3) is 16.9 Å². The van der Waals surface area contributed by atoms with Crippen LogP contribution in [0.5, 0.6) is 11.5 Å². The summed E-state index contributed by atoms with van der Waals surface area (Å²) in [4.78, 5) is 2.11. The summed E-state index contributed by atoms with van der Waals surface area (Å²) in [7, 11) is 4.11. The lowest BCUT2D eigenvalue weighted by atomic mass is 10.0. The number of anilines is 2. The summed E-state index contributed by atoms with van der Waals surface area (Å²) in [5.41, 5.74) is 5.65. The number of hydrogen-bond acceptors (Lipinski definition) is 5. The standard InChI is InChI=1S/C23H26N4O2/c1-26(2)17-8-6-16(7-9-17)22-19-5-3-4-12-24-23(19)27(25-22)18-10-11-20-21(15-18)29-14-13-28-20/h6-11,15,24H,3-5,12-14H2,1-2H3. The van der Waals surface area contributed by atoms with Crippen LogP contribution >= 0.6 is 0 Å². The van der Waals surface area contributed by atoms with E-state index in [-0.39, 0.29) is 0 Å². The van der Waals surface area contributed by atoms with E-state index in [9.17, 15) is 0 Å². The Kier molecular flexibility index (Phi) is 4.54. The van der Waals surface area contributed by atoms with Crippen LogP contribution < -0.4 is 19.7 Å². The van der Waals surface area contributed by atoms with E-state index in [4.69, 9.17) is 14.6 Å². The number of rotatable bonds is 3. The Morgan fingerprint density at radius 3 is 2.55 bits per heavy atom. The van der Waals surface area contributed by atoms with Gasteiger partial charge in [-0.3, -0.25) is 0 Å². The van der Waals surface area contributed by atoms with Crippen LogP contribution in [0.15, 0.2) is 42.5 Å². The van der Waals surface area contributed by atoms with E-state index in [0.717, 1.165) is 60.1 Å².